The second-order valence-electron chi connectivity index (χ2n) is 3.51. The molecule has 0 aromatic carbocycles. The summed E-state index contributed by atoms with van der Waals surface area (Å²) >= 11 is 0. The number of rotatable bonds is 2. The molecule has 1 rings (SSSR count). The maximum absolute atomic E-state index is 9.62. The number of aliphatic hydroxyl groups is 3. The summed E-state index contributed by atoms with van der Waals surface area (Å²) in [6.07, 6.45) is -1.75. The van der Waals surface area contributed by atoms with Crippen molar-refractivity contribution >= 4 is 0 Å². The minimum absolute atomic E-state index is 0.165. The van der Waals surface area contributed by atoms with Gasteiger partial charge in [-0.3, -0.25) is 0 Å². The summed E-state index contributed by atoms with van der Waals surface area (Å²) in [6, 6.07) is -0.581. The Kier molecular flexibility index (Phi) is 3.63. The second kappa shape index (κ2) is 4.34. The molecule has 13 heavy (non-hydrogen) atoms. The van der Waals surface area contributed by atoms with Gasteiger partial charge in [0, 0.05) is 5.92 Å². The number of hydrogen-bond acceptors (Lipinski definition) is 5. The van der Waals surface area contributed by atoms with Crippen LogP contribution < -0.4 is 5.73 Å². The van der Waals surface area contributed by atoms with Crippen LogP contribution in [0.4, 0.5) is 0 Å². The lowest BCUT2D eigenvalue weighted by Gasteiger charge is -2.41. The van der Waals surface area contributed by atoms with E-state index in [0.29, 0.717) is 0 Å². The summed E-state index contributed by atoms with van der Waals surface area (Å²) in [6.45, 7) is 1.36. The molecule has 5 unspecified atom stereocenters. The molecule has 1 aliphatic heterocycles. The summed E-state index contributed by atoms with van der Waals surface area (Å²) in [5, 5.41) is 27.4. The highest BCUT2D eigenvalue weighted by molar-refractivity contribution is 4.92. The van der Waals surface area contributed by atoms with Crippen LogP contribution in [0.15, 0.2) is 0 Å². The van der Waals surface area contributed by atoms with Gasteiger partial charge in [0.25, 0.3) is 0 Å². The quantitative estimate of drug-likeness (QED) is 0.407. The molecule has 1 heterocycles. The lowest BCUT2D eigenvalue weighted by Crippen LogP contribution is -2.59. The standard InChI is InChI=1S/C8H17NO4/c1-4-5(2-10)13-6(3-11)7(9)8(4)12/h4-8,10-12H,2-3,9H2,1H3. The third kappa shape index (κ3) is 2.00. The molecule has 78 valence electrons. The van der Waals surface area contributed by atoms with Crippen molar-refractivity contribution in [3.05, 3.63) is 0 Å². The van der Waals surface area contributed by atoms with Crippen LogP contribution >= 0.6 is 0 Å². The predicted molar refractivity (Wildman–Crippen MR) is 46.0 cm³/mol. The fraction of sp³-hybridized carbons (Fsp3) is 1.00. The molecule has 5 N–H and O–H groups in total. The summed E-state index contributed by atoms with van der Waals surface area (Å²) in [5.74, 6) is -0.206. The Hall–Kier alpha value is -0.200. The highest BCUT2D eigenvalue weighted by Gasteiger charge is 2.40. The summed E-state index contributed by atoms with van der Waals surface area (Å²) < 4.78 is 5.29. The van der Waals surface area contributed by atoms with Crippen molar-refractivity contribution in [2.45, 2.75) is 31.3 Å². The van der Waals surface area contributed by atoms with Crippen LogP contribution in [0, 0.1) is 5.92 Å². The monoisotopic (exact) mass is 191 g/mol. The Labute approximate surface area is 77.1 Å². The van der Waals surface area contributed by atoms with E-state index in [2.05, 4.69) is 0 Å². The van der Waals surface area contributed by atoms with E-state index in [-0.39, 0.29) is 19.1 Å². The number of aliphatic hydroxyl groups excluding tert-OH is 3. The molecule has 0 aromatic rings. The van der Waals surface area contributed by atoms with Crippen molar-refractivity contribution in [1.82, 2.24) is 0 Å². The molecule has 0 aromatic heterocycles. The van der Waals surface area contributed by atoms with E-state index in [1.54, 1.807) is 6.92 Å². The van der Waals surface area contributed by atoms with Gasteiger partial charge in [-0.2, -0.15) is 0 Å². The first kappa shape index (κ1) is 10.9. The Morgan fingerprint density at radius 1 is 1.23 bits per heavy atom. The topological polar surface area (TPSA) is 95.9 Å². The third-order valence-corrected chi connectivity index (χ3v) is 2.66. The van der Waals surface area contributed by atoms with Crippen molar-refractivity contribution in [2.75, 3.05) is 13.2 Å². The maximum atomic E-state index is 9.62. The molecule has 5 heteroatoms. The van der Waals surface area contributed by atoms with Crippen LogP contribution in [-0.2, 0) is 4.74 Å². The van der Waals surface area contributed by atoms with Gasteiger partial charge in [0.15, 0.2) is 0 Å². The van der Waals surface area contributed by atoms with Crippen LogP contribution in [0.1, 0.15) is 6.92 Å². The maximum Gasteiger partial charge on any atom is 0.0986 e. The average Bonchev–Trinajstić information content (AvgIpc) is 2.15. The number of nitrogens with two attached hydrogens (primary N) is 1. The third-order valence-electron chi connectivity index (χ3n) is 2.66. The number of hydrogen-bond donors (Lipinski definition) is 4. The molecular formula is C8H17NO4. The van der Waals surface area contributed by atoms with E-state index in [9.17, 15) is 5.11 Å². The highest BCUT2D eigenvalue weighted by atomic mass is 16.5. The van der Waals surface area contributed by atoms with E-state index >= 15 is 0 Å². The molecule has 0 spiro atoms. The molecule has 0 aliphatic carbocycles. The van der Waals surface area contributed by atoms with Gasteiger partial charge >= 0.3 is 0 Å². The van der Waals surface area contributed by atoms with Crippen LogP contribution in [0.2, 0.25) is 0 Å². The molecule has 5 atom stereocenters. The minimum atomic E-state index is -0.733. The molecule has 1 fully saturated rings. The lowest BCUT2D eigenvalue weighted by atomic mass is 9.87. The molecular weight excluding hydrogens is 174 g/mol. The molecule has 1 aliphatic rings. The Morgan fingerprint density at radius 3 is 2.23 bits per heavy atom. The summed E-state index contributed by atoms with van der Waals surface area (Å²) in [4.78, 5) is 0. The zero-order chi connectivity index (χ0) is 10.0. The van der Waals surface area contributed by atoms with E-state index < -0.39 is 24.4 Å². The average molecular weight is 191 g/mol. The van der Waals surface area contributed by atoms with Gasteiger partial charge in [0.05, 0.1) is 37.6 Å². The fourth-order valence-electron chi connectivity index (χ4n) is 1.60. The van der Waals surface area contributed by atoms with Gasteiger partial charge in [-0.1, -0.05) is 6.92 Å². The fourth-order valence-corrected chi connectivity index (χ4v) is 1.60. The van der Waals surface area contributed by atoms with Crippen LogP contribution in [0.5, 0.6) is 0 Å². The van der Waals surface area contributed by atoms with Crippen LogP contribution in [0.25, 0.3) is 0 Å². The zero-order valence-corrected chi connectivity index (χ0v) is 7.63. The van der Waals surface area contributed by atoms with Crippen molar-refractivity contribution < 1.29 is 20.1 Å². The second-order valence-corrected chi connectivity index (χ2v) is 3.51. The van der Waals surface area contributed by atoms with Gasteiger partial charge in [0.2, 0.25) is 0 Å². The first-order chi connectivity index (χ1) is 6.11. The predicted octanol–water partition coefficient (Wildman–Crippen LogP) is -1.94. The normalized spacial score (nSPS) is 46.4. The van der Waals surface area contributed by atoms with E-state index in [1.807, 2.05) is 0 Å². The van der Waals surface area contributed by atoms with E-state index in [4.69, 9.17) is 20.7 Å². The first-order valence-electron chi connectivity index (χ1n) is 4.42. The van der Waals surface area contributed by atoms with Crippen LogP contribution in [-0.4, -0.2) is 52.9 Å². The Morgan fingerprint density at radius 2 is 1.77 bits per heavy atom. The Bertz CT molecular complexity index is 146. The molecule has 0 radical (unpaired) electrons. The zero-order valence-electron chi connectivity index (χ0n) is 7.63. The van der Waals surface area contributed by atoms with E-state index in [0.717, 1.165) is 0 Å². The van der Waals surface area contributed by atoms with Gasteiger partial charge in [-0.05, 0) is 0 Å². The van der Waals surface area contributed by atoms with Crippen molar-refractivity contribution in [3.8, 4) is 0 Å². The molecule has 5 nitrogen and oxygen atoms in total. The van der Waals surface area contributed by atoms with Crippen molar-refractivity contribution in [3.63, 3.8) is 0 Å². The van der Waals surface area contributed by atoms with E-state index in [1.165, 1.54) is 0 Å². The Balaban J connectivity index is 2.66. The summed E-state index contributed by atoms with van der Waals surface area (Å²) in [7, 11) is 0. The van der Waals surface area contributed by atoms with Crippen molar-refractivity contribution in [2.24, 2.45) is 11.7 Å². The van der Waals surface area contributed by atoms with Gasteiger partial charge in [0.1, 0.15) is 0 Å². The van der Waals surface area contributed by atoms with Gasteiger partial charge in [-0.15, -0.1) is 0 Å². The SMILES string of the molecule is CC1C(CO)OC(CO)C(N)C1O. The molecule has 0 amide bonds. The molecule has 0 saturated carbocycles. The molecule has 1 saturated heterocycles. The van der Waals surface area contributed by atoms with Gasteiger partial charge in [-0.25, -0.2) is 0 Å². The smallest absolute Gasteiger partial charge is 0.0986 e. The highest BCUT2D eigenvalue weighted by Crippen LogP contribution is 2.24. The first-order valence-corrected chi connectivity index (χ1v) is 4.42. The van der Waals surface area contributed by atoms with Crippen molar-refractivity contribution in [1.29, 1.82) is 0 Å². The van der Waals surface area contributed by atoms with Crippen LogP contribution in [0.3, 0.4) is 0 Å². The largest absolute Gasteiger partial charge is 0.394 e. The van der Waals surface area contributed by atoms with Gasteiger partial charge < -0.3 is 25.8 Å². The number of ether oxygens (including phenoxy) is 1. The summed E-state index contributed by atoms with van der Waals surface area (Å²) in [5.41, 5.74) is 5.62. The molecule has 0 bridgehead atoms. The minimum Gasteiger partial charge on any atom is -0.394 e. The lowest BCUT2D eigenvalue weighted by molar-refractivity contribution is -0.166.